The van der Waals surface area contributed by atoms with E-state index in [2.05, 4.69) is 60.3 Å². The van der Waals surface area contributed by atoms with Gasteiger partial charge < -0.3 is 5.21 Å². The second-order valence-corrected chi connectivity index (χ2v) is 8.10. The van der Waals surface area contributed by atoms with Crippen LogP contribution in [0.15, 0.2) is 42.1 Å². The number of nitrogens with zero attached hydrogens (tertiary/aromatic N) is 4. The Kier molecular flexibility index (Phi) is 5.74. The number of aryl methyl sites for hydroxylation is 2. The summed E-state index contributed by atoms with van der Waals surface area (Å²) in [6, 6.07) is 8.96. The van der Waals surface area contributed by atoms with Gasteiger partial charge in [0.1, 0.15) is 12.7 Å². The number of aromatic nitrogens is 3. The second kappa shape index (κ2) is 8.02. The molecule has 1 aromatic heterocycles. The lowest BCUT2D eigenvalue weighted by molar-refractivity contribution is 0.214. The fraction of sp³-hybridized carbons (Fsp3) is 0.571. The molecule has 0 unspecified atom stereocenters. The lowest BCUT2D eigenvalue weighted by atomic mass is 9.64. The number of rotatable bonds is 6. The van der Waals surface area contributed by atoms with Gasteiger partial charge in [-0.05, 0) is 49.1 Å². The van der Waals surface area contributed by atoms with Crippen molar-refractivity contribution in [2.75, 3.05) is 0 Å². The van der Waals surface area contributed by atoms with Gasteiger partial charge >= 0.3 is 0 Å². The molecule has 140 valence electrons. The molecule has 1 N–H and O–H groups in total. The molecule has 0 saturated heterocycles. The molecule has 26 heavy (non-hydrogen) atoms. The lowest BCUT2D eigenvalue weighted by Gasteiger charge is -2.41. The highest BCUT2D eigenvalue weighted by molar-refractivity contribution is 5.92. The van der Waals surface area contributed by atoms with Crippen LogP contribution in [-0.2, 0) is 19.4 Å². The quantitative estimate of drug-likeness (QED) is 0.619. The Morgan fingerprint density at radius 2 is 1.96 bits per heavy atom. The van der Waals surface area contributed by atoms with Crippen LogP contribution in [0.2, 0.25) is 0 Å². The predicted molar refractivity (Wildman–Crippen MR) is 103 cm³/mol. The van der Waals surface area contributed by atoms with E-state index in [1.54, 1.807) is 12.7 Å². The van der Waals surface area contributed by atoms with Crippen molar-refractivity contribution in [3.05, 3.63) is 48.0 Å². The van der Waals surface area contributed by atoms with Crippen molar-refractivity contribution >= 4 is 5.71 Å². The molecule has 0 spiro atoms. The average Bonchev–Trinajstić information content (AvgIpc) is 3.14. The normalized spacial score (nSPS) is 24.0. The maximum atomic E-state index is 9.73. The molecule has 0 aliphatic heterocycles. The van der Waals surface area contributed by atoms with Gasteiger partial charge in [-0.1, -0.05) is 50.2 Å². The largest absolute Gasteiger partial charge is 0.411 e. The van der Waals surface area contributed by atoms with Crippen molar-refractivity contribution < 1.29 is 5.21 Å². The van der Waals surface area contributed by atoms with E-state index in [4.69, 9.17) is 0 Å². The molecule has 1 saturated carbocycles. The van der Waals surface area contributed by atoms with Gasteiger partial charge in [-0.15, -0.1) is 0 Å². The molecule has 3 rings (SSSR count). The minimum Gasteiger partial charge on any atom is -0.411 e. The van der Waals surface area contributed by atoms with Gasteiger partial charge in [0.15, 0.2) is 0 Å². The fourth-order valence-electron chi connectivity index (χ4n) is 4.21. The lowest BCUT2D eigenvalue weighted by Crippen LogP contribution is -2.43. The Bertz CT molecular complexity index is 719. The summed E-state index contributed by atoms with van der Waals surface area (Å²) >= 11 is 0. The molecule has 2 atom stereocenters. The third-order valence-corrected chi connectivity index (χ3v) is 5.95. The monoisotopic (exact) mass is 354 g/mol. The van der Waals surface area contributed by atoms with E-state index < -0.39 is 0 Å². The molecule has 1 aromatic carbocycles. The molecular formula is C21H30N4O. The zero-order valence-electron chi connectivity index (χ0n) is 16.1. The van der Waals surface area contributed by atoms with Crippen LogP contribution in [0.5, 0.6) is 0 Å². The van der Waals surface area contributed by atoms with Gasteiger partial charge in [-0.25, -0.2) is 4.98 Å². The summed E-state index contributed by atoms with van der Waals surface area (Å²) in [6.45, 7) is 7.26. The van der Waals surface area contributed by atoms with Gasteiger partial charge in [0.25, 0.3) is 0 Å². The maximum absolute atomic E-state index is 9.73. The highest BCUT2D eigenvalue weighted by atomic mass is 16.4. The molecule has 5 heteroatoms. The zero-order valence-corrected chi connectivity index (χ0v) is 16.1. The van der Waals surface area contributed by atoms with Crippen LogP contribution in [-0.4, -0.2) is 25.7 Å². The van der Waals surface area contributed by atoms with Crippen LogP contribution in [0.1, 0.15) is 51.2 Å². The molecule has 0 amide bonds. The Morgan fingerprint density at radius 3 is 2.58 bits per heavy atom. The third-order valence-electron chi connectivity index (χ3n) is 5.95. The van der Waals surface area contributed by atoms with E-state index >= 15 is 0 Å². The summed E-state index contributed by atoms with van der Waals surface area (Å²) in [5, 5.41) is 17.7. The first-order valence-electron chi connectivity index (χ1n) is 9.66. The van der Waals surface area contributed by atoms with E-state index in [-0.39, 0.29) is 11.3 Å². The van der Waals surface area contributed by atoms with Gasteiger partial charge in [0.05, 0.1) is 12.3 Å². The molecule has 0 bridgehead atoms. The Labute approximate surface area is 156 Å². The van der Waals surface area contributed by atoms with Crippen molar-refractivity contribution in [3.63, 3.8) is 0 Å². The Balaban J connectivity index is 1.74. The number of oxime groups is 1. The van der Waals surface area contributed by atoms with Gasteiger partial charge in [-0.2, -0.15) is 5.10 Å². The van der Waals surface area contributed by atoms with Gasteiger partial charge in [-0.3, -0.25) is 4.68 Å². The molecule has 1 heterocycles. The van der Waals surface area contributed by atoms with E-state index in [9.17, 15) is 5.21 Å². The first-order valence-corrected chi connectivity index (χ1v) is 9.66. The Morgan fingerprint density at radius 1 is 1.23 bits per heavy atom. The number of benzene rings is 1. The first kappa shape index (κ1) is 18.6. The van der Waals surface area contributed by atoms with E-state index in [1.807, 2.05) is 4.68 Å². The fourth-order valence-corrected chi connectivity index (χ4v) is 4.21. The maximum Gasteiger partial charge on any atom is 0.137 e. The van der Waals surface area contributed by atoms with Crippen molar-refractivity contribution in [1.82, 2.24) is 14.8 Å². The predicted octanol–water partition coefficient (Wildman–Crippen LogP) is 4.36. The van der Waals surface area contributed by atoms with Crippen LogP contribution < -0.4 is 0 Å². The molecule has 5 nitrogen and oxygen atoms in total. The summed E-state index contributed by atoms with van der Waals surface area (Å²) in [7, 11) is 0. The van der Waals surface area contributed by atoms with Crippen LogP contribution in [0, 0.1) is 17.3 Å². The van der Waals surface area contributed by atoms with E-state index in [0.717, 1.165) is 44.4 Å². The summed E-state index contributed by atoms with van der Waals surface area (Å²) in [6.07, 6.45) is 8.75. The van der Waals surface area contributed by atoms with Crippen molar-refractivity contribution in [2.24, 2.45) is 22.4 Å². The SMILES string of the molecule is CCc1ccc(CC[C@@H]2CCC(C)(C)C(=NO)[C@H]2Cn2cncn2)cc1. The van der Waals surface area contributed by atoms with Crippen LogP contribution in [0.25, 0.3) is 0 Å². The van der Waals surface area contributed by atoms with E-state index in [0.29, 0.717) is 5.92 Å². The molecule has 2 aromatic rings. The zero-order chi connectivity index (χ0) is 18.6. The summed E-state index contributed by atoms with van der Waals surface area (Å²) in [4.78, 5) is 4.06. The summed E-state index contributed by atoms with van der Waals surface area (Å²) < 4.78 is 1.86. The topological polar surface area (TPSA) is 63.3 Å². The summed E-state index contributed by atoms with van der Waals surface area (Å²) in [5.41, 5.74) is 3.60. The molecule has 1 aliphatic carbocycles. The van der Waals surface area contributed by atoms with Crippen molar-refractivity contribution in [2.45, 2.75) is 59.4 Å². The highest BCUT2D eigenvalue weighted by Gasteiger charge is 2.41. The highest BCUT2D eigenvalue weighted by Crippen LogP contribution is 2.42. The minimum atomic E-state index is -0.0702. The number of hydrogen-bond acceptors (Lipinski definition) is 4. The summed E-state index contributed by atoms with van der Waals surface area (Å²) in [5.74, 6) is 0.685. The van der Waals surface area contributed by atoms with Crippen molar-refractivity contribution in [3.8, 4) is 0 Å². The molecule has 1 fully saturated rings. The van der Waals surface area contributed by atoms with Crippen molar-refractivity contribution in [1.29, 1.82) is 0 Å². The van der Waals surface area contributed by atoms with E-state index in [1.165, 1.54) is 11.1 Å². The average molecular weight is 354 g/mol. The van der Waals surface area contributed by atoms with Crippen LogP contribution in [0.3, 0.4) is 0 Å². The third kappa shape index (κ3) is 4.14. The standard InChI is InChI=1S/C21H30N4O/c1-4-16-5-7-17(8-6-16)9-10-18-11-12-21(2,3)20(24-26)19(18)13-25-15-22-14-23-25/h5-8,14-15,18-19,26H,4,9-13H2,1-3H3/t18-,19+/m1/s1. The number of hydrogen-bond donors (Lipinski definition) is 1. The molecule has 1 aliphatic rings. The van der Waals surface area contributed by atoms with Crippen LogP contribution in [0.4, 0.5) is 0 Å². The molecule has 0 radical (unpaired) electrons. The first-order chi connectivity index (χ1) is 12.5. The smallest absolute Gasteiger partial charge is 0.137 e. The molecular weight excluding hydrogens is 324 g/mol. The second-order valence-electron chi connectivity index (χ2n) is 8.10. The van der Waals surface area contributed by atoms with Gasteiger partial charge in [0.2, 0.25) is 0 Å². The Hall–Kier alpha value is -2.17. The van der Waals surface area contributed by atoms with Crippen LogP contribution >= 0.6 is 0 Å². The van der Waals surface area contributed by atoms with Gasteiger partial charge in [0, 0.05) is 11.3 Å². The minimum absolute atomic E-state index is 0.0702.